The highest BCUT2D eigenvalue weighted by Crippen LogP contribution is 2.28. The highest BCUT2D eigenvalue weighted by atomic mass is 32.2. The number of carbonyl (C=O) groups excluding carboxylic acids is 1. The van der Waals surface area contributed by atoms with E-state index in [1.807, 2.05) is 13.0 Å². The van der Waals surface area contributed by atoms with Crippen LogP contribution in [0.2, 0.25) is 0 Å². The van der Waals surface area contributed by atoms with Gasteiger partial charge in [0.15, 0.2) is 16.4 Å². The van der Waals surface area contributed by atoms with Crippen LogP contribution in [0, 0.1) is 6.92 Å². The molecule has 3 aromatic rings. The van der Waals surface area contributed by atoms with E-state index in [2.05, 4.69) is 10.3 Å². The highest BCUT2D eigenvalue weighted by Gasteiger charge is 2.29. The fourth-order valence-electron chi connectivity index (χ4n) is 2.79. The minimum atomic E-state index is -3.73. The maximum absolute atomic E-state index is 13.2. The SMILES string of the molecule is Cc1ccc(S(=O)(=O)C(CNC(=O)COc2ccccc2)c2cccnc2)cc1. The number of ether oxygens (including phenoxy) is 1. The normalized spacial score (nSPS) is 12.2. The summed E-state index contributed by atoms with van der Waals surface area (Å²) in [5, 5.41) is 1.71. The van der Waals surface area contributed by atoms with E-state index in [4.69, 9.17) is 4.74 Å². The van der Waals surface area contributed by atoms with Gasteiger partial charge >= 0.3 is 0 Å². The van der Waals surface area contributed by atoms with Crippen molar-refractivity contribution in [3.63, 3.8) is 0 Å². The van der Waals surface area contributed by atoms with Gasteiger partial charge in [-0.1, -0.05) is 42.0 Å². The molecule has 6 nitrogen and oxygen atoms in total. The standard InChI is InChI=1S/C22H22N2O4S/c1-17-9-11-20(12-10-17)29(26,27)21(18-6-5-13-23-14-18)15-24-22(25)16-28-19-7-3-2-4-8-19/h2-14,21H,15-16H2,1H3,(H,24,25). The monoisotopic (exact) mass is 410 g/mol. The number of hydrogen-bond donors (Lipinski definition) is 1. The number of pyridine rings is 1. The Labute approximate surface area is 170 Å². The number of benzene rings is 2. The number of amides is 1. The molecule has 1 heterocycles. The van der Waals surface area contributed by atoms with Gasteiger partial charge in [0.05, 0.1) is 4.90 Å². The summed E-state index contributed by atoms with van der Waals surface area (Å²) in [6.45, 7) is 1.61. The molecule has 0 saturated carbocycles. The minimum Gasteiger partial charge on any atom is -0.484 e. The van der Waals surface area contributed by atoms with E-state index < -0.39 is 21.0 Å². The molecule has 0 radical (unpaired) electrons. The third-order valence-corrected chi connectivity index (χ3v) is 6.50. The molecule has 0 saturated heterocycles. The van der Waals surface area contributed by atoms with E-state index in [0.717, 1.165) is 5.56 Å². The Kier molecular flexibility index (Phi) is 6.61. The lowest BCUT2D eigenvalue weighted by Crippen LogP contribution is -2.35. The largest absolute Gasteiger partial charge is 0.484 e. The zero-order valence-electron chi connectivity index (χ0n) is 16.0. The van der Waals surface area contributed by atoms with Crippen molar-refractivity contribution in [2.45, 2.75) is 17.1 Å². The number of carbonyl (C=O) groups is 1. The summed E-state index contributed by atoms with van der Waals surface area (Å²) in [5.74, 6) is 0.167. The van der Waals surface area contributed by atoms with Crippen molar-refractivity contribution in [1.29, 1.82) is 0 Å². The Morgan fingerprint density at radius 1 is 1.03 bits per heavy atom. The van der Waals surface area contributed by atoms with Crippen LogP contribution < -0.4 is 10.1 Å². The molecule has 1 N–H and O–H groups in total. The molecule has 150 valence electrons. The van der Waals surface area contributed by atoms with Gasteiger partial charge in [-0.25, -0.2) is 8.42 Å². The lowest BCUT2D eigenvalue weighted by molar-refractivity contribution is -0.123. The van der Waals surface area contributed by atoms with Crippen LogP contribution in [-0.2, 0) is 14.6 Å². The first-order chi connectivity index (χ1) is 14.0. The number of aryl methyl sites for hydroxylation is 1. The number of nitrogens with one attached hydrogen (secondary N) is 1. The van der Waals surface area contributed by atoms with E-state index >= 15 is 0 Å². The van der Waals surface area contributed by atoms with Crippen molar-refractivity contribution in [2.75, 3.05) is 13.2 Å². The molecule has 0 fully saturated rings. The van der Waals surface area contributed by atoms with E-state index in [-0.39, 0.29) is 18.0 Å². The Balaban J connectivity index is 1.74. The van der Waals surface area contributed by atoms with Gasteiger partial charge in [0.2, 0.25) is 0 Å². The third kappa shape index (κ3) is 5.42. The maximum Gasteiger partial charge on any atom is 0.257 e. The minimum absolute atomic E-state index is 0.0844. The molecule has 0 aliphatic carbocycles. The van der Waals surface area contributed by atoms with Crippen LogP contribution in [0.1, 0.15) is 16.4 Å². The van der Waals surface area contributed by atoms with Crippen molar-refractivity contribution in [3.8, 4) is 5.75 Å². The van der Waals surface area contributed by atoms with E-state index in [0.29, 0.717) is 11.3 Å². The number of nitrogens with zero attached hydrogens (tertiary/aromatic N) is 1. The molecule has 0 aliphatic heterocycles. The predicted molar refractivity (Wildman–Crippen MR) is 110 cm³/mol. The Morgan fingerprint density at radius 3 is 2.41 bits per heavy atom. The molecule has 3 rings (SSSR count). The molecule has 1 atom stereocenters. The zero-order valence-corrected chi connectivity index (χ0v) is 16.8. The number of sulfone groups is 1. The van der Waals surface area contributed by atoms with Crippen LogP contribution in [-0.4, -0.2) is 32.5 Å². The average molecular weight is 410 g/mol. The Bertz CT molecular complexity index is 1040. The third-order valence-electron chi connectivity index (χ3n) is 4.38. The van der Waals surface area contributed by atoms with Gasteiger partial charge < -0.3 is 10.1 Å². The van der Waals surface area contributed by atoms with Gasteiger partial charge in [0.25, 0.3) is 5.91 Å². The second-order valence-electron chi connectivity index (χ2n) is 6.54. The summed E-state index contributed by atoms with van der Waals surface area (Å²) in [6, 6.07) is 19.0. The van der Waals surface area contributed by atoms with Crippen LogP contribution in [0.25, 0.3) is 0 Å². The summed E-state index contributed by atoms with van der Waals surface area (Å²) in [6.07, 6.45) is 3.08. The van der Waals surface area contributed by atoms with Gasteiger partial charge in [-0.2, -0.15) is 0 Å². The zero-order chi connectivity index (χ0) is 20.7. The average Bonchev–Trinajstić information content (AvgIpc) is 2.74. The molecule has 29 heavy (non-hydrogen) atoms. The van der Waals surface area contributed by atoms with Crippen LogP contribution in [0.15, 0.2) is 84.0 Å². The molecule has 1 amide bonds. The van der Waals surface area contributed by atoms with Crippen molar-refractivity contribution >= 4 is 15.7 Å². The van der Waals surface area contributed by atoms with Crippen molar-refractivity contribution < 1.29 is 17.9 Å². The molecule has 1 unspecified atom stereocenters. The maximum atomic E-state index is 13.2. The van der Waals surface area contributed by atoms with E-state index in [1.165, 1.54) is 6.20 Å². The first-order valence-electron chi connectivity index (χ1n) is 9.12. The molecular formula is C22H22N2O4S. The molecule has 1 aromatic heterocycles. The Morgan fingerprint density at radius 2 is 1.76 bits per heavy atom. The van der Waals surface area contributed by atoms with Crippen LogP contribution in [0.5, 0.6) is 5.75 Å². The van der Waals surface area contributed by atoms with Crippen LogP contribution >= 0.6 is 0 Å². The van der Waals surface area contributed by atoms with Crippen molar-refractivity contribution in [1.82, 2.24) is 10.3 Å². The molecule has 0 aliphatic rings. The molecule has 0 spiro atoms. The van der Waals surface area contributed by atoms with Crippen LogP contribution in [0.4, 0.5) is 0 Å². The number of hydrogen-bond acceptors (Lipinski definition) is 5. The molecule has 2 aromatic carbocycles. The smallest absolute Gasteiger partial charge is 0.257 e. The molecule has 0 bridgehead atoms. The number of rotatable bonds is 8. The van der Waals surface area contributed by atoms with E-state index in [1.54, 1.807) is 66.9 Å². The number of para-hydroxylation sites is 1. The second-order valence-corrected chi connectivity index (χ2v) is 8.67. The first-order valence-corrected chi connectivity index (χ1v) is 10.7. The van der Waals surface area contributed by atoms with Crippen molar-refractivity contribution in [3.05, 3.63) is 90.3 Å². The first kappa shape index (κ1) is 20.5. The van der Waals surface area contributed by atoms with Crippen LogP contribution in [0.3, 0.4) is 0 Å². The number of aromatic nitrogens is 1. The molecule has 7 heteroatoms. The van der Waals surface area contributed by atoms with Gasteiger partial charge in [0.1, 0.15) is 11.0 Å². The second kappa shape index (κ2) is 9.34. The van der Waals surface area contributed by atoms with Gasteiger partial charge in [-0.15, -0.1) is 0 Å². The van der Waals surface area contributed by atoms with Gasteiger partial charge in [-0.05, 0) is 42.8 Å². The lowest BCUT2D eigenvalue weighted by Gasteiger charge is -2.19. The van der Waals surface area contributed by atoms with Crippen molar-refractivity contribution in [2.24, 2.45) is 0 Å². The topological polar surface area (TPSA) is 85.4 Å². The van der Waals surface area contributed by atoms with Gasteiger partial charge in [-0.3, -0.25) is 9.78 Å². The summed E-state index contributed by atoms with van der Waals surface area (Å²) in [5.41, 5.74) is 1.48. The summed E-state index contributed by atoms with van der Waals surface area (Å²) in [4.78, 5) is 16.4. The molecular weight excluding hydrogens is 388 g/mol. The summed E-state index contributed by atoms with van der Waals surface area (Å²) >= 11 is 0. The lowest BCUT2D eigenvalue weighted by atomic mass is 10.2. The predicted octanol–water partition coefficient (Wildman–Crippen LogP) is 3.10. The van der Waals surface area contributed by atoms with E-state index in [9.17, 15) is 13.2 Å². The fourth-order valence-corrected chi connectivity index (χ4v) is 4.43. The Hall–Kier alpha value is -3.19. The summed E-state index contributed by atoms with van der Waals surface area (Å²) in [7, 11) is -3.73. The quantitative estimate of drug-likeness (QED) is 0.617. The van der Waals surface area contributed by atoms with Gasteiger partial charge in [0, 0.05) is 18.9 Å². The summed E-state index contributed by atoms with van der Waals surface area (Å²) < 4.78 is 31.9. The highest BCUT2D eigenvalue weighted by molar-refractivity contribution is 7.91. The fraction of sp³-hybridized carbons (Fsp3) is 0.182.